The number of halogens is 1. The van der Waals surface area contributed by atoms with Crippen LogP contribution in [0.5, 0.6) is 5.75 Å². The third-order valence-corrected chi connectivity index (χ3v) is 7.09. The van der Waals surface area contributed by atoms with Gasteiger partial charge in [-0.15, -0.1) is 0 Å². The van der Waals surface area contributed by atoms with Gasteiger partial charge >= 0.3 is 0 Å². The van der Waals surface area contributed by atoms with E-state index in [4.69, 9.17) is 16.3 Å². The Labute approximate surface area is 200 Å². The molecule has 0 saturated carbocycles. The lowest BCUT2D eigenvalue weighted by molar-refractivity contribution is 0.102. The van der Waals surface area contributed by atoms with E-state index in [1.165, 1.54) is 35.6 Å². The zero-order chi connectivity index (χ0) is 24.2. The lowest BCUT2D eigenvalue weighted by atomic mass is 10.1. The molecule has 174 valence electrons. The topological polar surface area (TPSA) is 75.7 Å². The van der Waals surface area contributed by atoms with Crippen LogP contribution in [0.3, 0.4) is 0 Å². The first-order valence-corrected chi connectivity index (χ1v) is 12.3. The first-order chi connectivity index (χ1) is 15.6. The number of nitrogens with one attached hydrogen (secondary N) is 1. The molecule has 0 aliphatic rings. The van der Waals surface area contributed by atoms with E-state index in [2.05, 4.69) is 5.32 Å². The fourth-order valence-electron chi connectivity index (χ4n) is 3.50. The predicted octanol–water partition coefficient (Wildman–Crippen LogP) is 5.43. The minimum Gasteiger partial charge on any atom is -0.494 e. The van der Waals surface area contributed by atoms with E-state index in [0.717, 1.165) is 11.1 Å². The van der Waals surface area contributed by atoms with Gasteiger partial charge in [0.05, 0.1) is 11.5 Å². The van der Waals surface area contributed by atoms with Gasteiger partial charge in [0.1, 0.15) is 5.75 Å². The molecule has 0 bridgehead atoms. The van der Waals surface area contributed by atoms with Gasteiger partial charge in [-0.05, 0) is 86.5 Å². The number of nitrogens with zero attached hydrogens (tertiary/aromatic N) is 1. The van der Waals surface area contributed by atoms with Crippen LogP contribution in [0.4, 0.5) is 5.69 Å². The Hall–Kier alpha value is -2.87. The van der Waals surface area contributed by atoms with E-state index in [1.807, 2.05) is 39.0 Å². The Morgan fingerprint density at radius 1 is 1.00 bits per heavy atom. The number of rotatable bonds is 8. The Morgan fingerprint density at radius 3 is 2.24 bits per heavy atom. The third-order valence-electron chi connectivity index (χ3n) is 5.02. The Balaban J connectivity index is 1.88. The number of ether oxygens (including phenoxy) is 1. The molecule has 6 nitrogen and oxygen atoms in total. The molecule has 0 saturated heterocycles. The second kappa shape index (κ2) is 10.4. The van der Waals surface area contributed by atoms with Crippen LogP contribution in [0, 0.1) is 13.8 Å². The highest BCUT2D eigenvalue weighted by molar-refractivity contribution is 7.89. The van der Waals surface area contributed by atoms with Crippen LogP contribution in [-0.4, -0.2) is 32.3 Å². The number of aryl methyl sites for hydroxylation is 2. The van der Waals surface area contributed by atoms with Gasteiger partial charge in [-0.25, -0.2) is 8.42 Å². The molecule has 0 heterocycles. The highest BCUT2D eigenvalue weighted by atomic mass is 35.5. The maximum Gasteiger partial charge on any atom is 0.255 e. The zero-order valence-corrected chi connectivity index (χ0v) is 20.6. The molecule has 1 N–H and O–H groups in total. The number of carbonyl (C=O) groups is 1. The summed E-state index contributed by atoms with van der Waals surface area (Å²) in [6.45, 7) is 6.22. The SMILES string of the molecule is CCOc1ccc(C(=O)Nc2cc(C)cc(C)c2)cc1CN(C)S(=O)(=O)c1ccc(Cl)cc1. The lowest BCUT2D eigenvalue weighted by Gasteiger charge is -2.20. The van der Waals surface area contributed by atoms with Gasteiger partial charge in [0.2, 0.25) is 10.0 Å². The van der Waals surface area contributed by atoms with E-state index in [0.29, 0.717) is 34.2 Å². The number of hydrogen-bond donors (Lipinski definition) is 1. The highest BCUT2D eigenvalue weighted by Gasteiger charge is 2.23. The molecule has 0 spiro atoms. The van der Waals surface area contributed by atoms with E-state index in [-0.39, 0.29) is 17.3 Å². The molecule has 0 unspecified atom stereocenters. The van der Waals surface area contributed by atoms with E-state index in [9.17, 15) is 13.2 Å². The quantitative estimate of drug-likeness (QED) is 0.460. The van der Waals surface area contributed by atoms with Gasteiger partial charge in [-0.2, -0.15) is 4.31 Å². The minimum atomic E-state index is -3.76. The van der Waals surface area contributed by atoms with Crippen LogP contribution >= 0.6 is 11.6 Å². The monoisotopic (exact) mass is 486 g/mol. The van der Waals surface area contributed by atoms with Gasteiger partial charge in [0, 0.05) is 35.4 Å². The molecule has 0 atom stereocenters. The molecule has 33 heavy (non-hydrogen) atoms. The number of sulfonamides is 1. The smallest absolute Gasteiger partial charge is 0.255 e. The maximum absolute atomic E-state index is 13.0. The van der Waals surface area contributed by atoms with E-state index >= 15 is 0 Å². The average molecular weight is 487 g/mol. The van der Waals surface area contributed by atoms with Crippen molar-refractivity contribution in [3.63, 3.8) is 0 Å². The number of carbonyl (C=O) groups excluding carboxylic acids is 1. The van der Waals surface area contributed by atoms with Gasteiger partial charge in [-0.1, -0.05) is 17.7 Å². The fourth-order valence-corrected chi connectivity index (χ4v) is 4.78. The van der Waals surface area contributed by atoms with Gasteiger partial charge in [0.25, 0.3) is 5.91 Å². The second-order valence-corrected chi connectivity index (χ2v) is 10.3. The summed E-state index contributed by atoms with van der Waals surface area (Å²) in [7, 11) is -2.27. The minimum absolute atomic E-state index is 0.0327. The van der Waals surface area contributed by atoms with Crippen LogP contribution in [0.1, 0.15) is 34.0 Å². The zero-order valence-electron chi connectivity index (χ0n) is 19.1. The van der Waals surface area contributed by atoms with Crippen molar-refractivity contribution in [1.29, 1.82) is 0 Å². The predicted molar refractivity (Wildman–Crippen MR) is 132 cm³/mol. The molecule has 0 fully saturated rings. The van der Waals surface area contributed by atoms with Crippen LogP contribution in [0.15, 0.2) is 65.6 Å². The van der Waals surface area contributed by atoms with Gasteiger partial charge < -0.3 is 10.1 Å². The van der Waals surface area contributed by atoms with Gasteiger partial charge in [-0.3, -0.25) is 4.79 Å². The van der Waals surface area contributed by atoms with Crippen molar-refractivity contribution < 1.29 is 17.9 Å². The summed E-state index contributed by atoms with van der Waals surface area (Å²) in [6.07, 6.45) is 0. The highest BCUT2D eigenvalue weighted by Crippen LogP contribution is 2.26. The van der Waals surface area contributed by atoms with Crippen molar-refractivity contribution in [1.82, 2.24) is 4.31 Å². The second-order valence-electron chi connectivity index (χ2n) is 7.80. The van der Waals surface area contributed by atoms with Crippen LogP contribution in [0.2, 0.25) is 5.02 Å². The summed E-state index contributed by atoms with van der Waals surface area (Å²) >= 11 is 5.89. The van der Waals surface area contributed by atoms with Crippen molar-refractivity contribution in [2.45, 2.75) is 32.2 Å². The van der Waals surface area contributed by atoms with Gasteiger partial charge in [0.15, 0.2) is 0 Å². The van der Waals surface area contributed by atoms with Crippen molar-refractivity contribution in [3.05, 3.63) is 87.9 Å². The standard InChI is InChI=1S/C25H27ClN2O4S/c1-5-32-24-11-6-19(25(29)27-22-13-17(2)12-18(3)14-22)15-20(24)16-28(4)33(30,31)23-9-7-21(26)8-10-23/h6-15H,5,16H2,1-4H3,(H,27,29). The molecule has 0 aromatic heterocycles. The maximum atomic E-state index is 13.0. The molecule has 8 heteroatoms. The van der Waals surface area contributed by atoms with E-state index < -0.39 is 10.0 Å². The molecule has 0 aliphatic carbocycles. The molecular weight excluding hydrogens is 460 g/mol. The number of anilines is 1. The molecule has 1 amide bonds. The molecule has 3 aromatic carbocycles. The third kappa shape index (κ3) is 6.13. The van der Waals surface area contributed by atoms with Crippen molar-refractivity contribution in [2.75, 3.05) is 19.0 Å². The van der Waals surface area contributed by atoms with Crippen molar-refractivity contribution in [2.24, 2.45) is 0 Å². The van der Waals surface area contributed by atoms with Crippen LogP contribution < -0.4 is 10.1 Å². The summed E-state index contributed by atoms with van der Waals surface area (Å²) in [6, 6.07) is 16.8. The van der Waals surface area contributed by atoms with E-state index in [1.54, 1.807) is 18.2 Å². The molecular formula is C25H27ClN2O4S. The van der Waals surface area contributed by atoms with Crippen molar-refractivity contribution in [3.8, 4) is 5.75 Å². The normalized spacial score (nSPS) is 11.5. The molecule has 3 aromatic rings. The Bertz CT molecular complexity index is 1240. The average Bonchev–Trinajstić information content (AvgIpc) is 2.74. The van der Waals surface area contributed by atoms with Crippen molar-refractivity contribution >= 4 is 33.2 Å². The first kappa shape index (κ1) is 24.8. The Kier molecular flexibility index (Phi) is 7.79. The van der Waals surface area contributed by atoms with Crippen LogP contribution in [-0.2, 0) is 16.6 Å². The summed E-state index contributed by atoms with van der Waals surface area (Å²) in [5, 5.41) is 3.37. The Morgan fingerprint density at radius 2 is 1.64 bits per heavy atom. The molecule has 0 radical (unpaired) electrons. The fraction of sp³-hybridized carbons (Fsp3) is 0.240. The largest absolute Gasteiger partial charge is 0.494 e. The molecule has 0 aliphatic heterocycles. The number of amides is 1. The summed E-state index contributed by atoms with van der Waals surface area (Å²) < 4.78 is 32.9. The summed E-state index contributed by atoms with van der Waals surface area (Å²) in [5.41, 5.74) is 3.80. The first-order valence-electron chi connectivity index (χ1n) is 10.5. The van der Waals surface area contributed by atoms with Crippen LogP contribution in [0.25, 0.3) is 0 Å². The number of benzene rings is 3. The summed E-state index contributed by atoms with van der Waals surface area (Å²) in [5.74, 6) is 0.242. The number of hydrogen-bond acceptors (Lipinski definition) is 4. The molecule has 3 rings (SSSR count). The summed E-state index contributed by atoms with van der Waals surface area (Å²) in [4.78, 5) is 13.0. The lowest BCUT2D eigenvalue weighted by Crippen LogP contribution is -2.27.